The summed E-state index contributed by atoms with van der Waals surface area (Å²) < 4.78 is 18.1. The van der Waals surface area contributed by atoms with Crippen molar-refractivity contribution < 1.29 is 13.9 Å². The van der Waals surface area contributed by atoms with E-state index in [2.05, 4.69) is 15.3 Å². The van der Waals surface area contributed by atoms with E-state index in [1.54, 1.807) is 12.3 Å². The van der Waals surface area contributed by atoms with Crippen molar-refractivity contribution in [3.63, 3.8) is 0 Å². The number of halogens is 1. The summed E-state index contributed by atoms with van der Waals surface area (Å²) in [5.41, 5.74) is 0.935. The minimum absolute atomic E-state index is 0.0508. The molecule has 21 heavy (non-hydrogen) atoms. The number of pyridine rings is 1. The molecule has 0 bridgehead atoms. The van der Waals surface area contributed by atoms with Gasteiger partial charge in [0.25, 0.3) is 11.9 Å². The number of rotatable bonds is 3. The van der Waals surface area contributed by atoms with E-state index in [1.165, 1.54) is 25.3 Å². The van der Waals surface area contributed by atoms with Gasteiger partial charge in [0.1, 0.15) is 5.82 Å². The Balaban J connectivity index is 2.03. The minimum Gasteiger partial charge on any atom is -0.468 e. The Kier molecular flexibility index (Phi) is 4.98. The molecule has 0 saturated heterocycles. The van der Waals surface area contributed by atoms with Crippen molar-refractivity contribution in [3.05, 3.63) is 65.7 Å². The molecular weight excluding hydrogens is 273 g/mol. The van der Waals surface area contributed by atoms with Gasteiger partial charge in [-0.15, -0.1) is 0 Å². The number of amidine groups is 1. The quantitative estimate of drug-likeness (QED) is 0.695. The molecule has 0 saturated carbocycles. The van der Waals surface area contributed by atoms with E-state index in [1.807, 2.05) is 12.1 Å². The van der Waals surface area contributed by atoms with Crippen LogP contribution in [0.5, 0.6) is 0 Å². The summed E-state index contributed by atoms with van der Waals surface area (Å²) in [7, 11) is 1.39. The average molecular weight is 287 g/mol. The first-order valence-electron chi connectivity index (χ1n) is 6.24. The molecule has 1 N–H and O–H groups in total. The molecule has 1 heterocycles. The number of nitrogens with one attached hydrogen (secondary N) is 1. The van der Waals surface area contributed by atoms with Gasteiger partial charge in [0, 0.05) is 11.8 Å². The largest absolute Gasteiger partial charge is 0.468 e. The smallest absolute Gasteiger partial charge is 0.291 e. The number of carbonyl (C=O) groups excluding carboxylic acids is 1. The van der Waals surface area contributed by atoms with Crippen LogP contribution in [0, 0.1) is 5.82 Å². The summed E-state index contributed by atoms with van der Waals surface area (Å²) in [5.74, 6) is -0.969. The first-order chi connectivity index (χ1) is 10.2. The molecule has 0 aliphatic rings. The van der Waals surface area contributed by atoms with Crippen molar-refractivity contribution in [1.29, 1.82) is 0 Å². The lowest BCUT2D eigenvalue weighted by atomic mass is 10.2. The van der Waals surface area contributed by atoms with Crippen LogP contribution in [0.15, 0.2) is 53.7 Å². The number of methoxy groups -OCH3 is 1. The number of carbonyl (C=O) groups is 1. The minimum atomic E-state index is -0.490. The highest BCUT2D eigenvalue weighted by Gasteiger charge is 2.09. The molecule has 1 aromatic carbocycles. The molecule has 0 aliphatic carbocycles. The lowest BCUT2D eigenvalue weighted by Gasteiger charge is -2.07. The number of aromatic nitrogens is 1. The fraction of sp³-hybridized carbons (Fsp3) is 0.133. The van der Waals surface area contributed by atoms with E-state index in [4.69, 9.17) is 4.74 Å². The third kappa shape index (κ3) is 4.38. The van der Waals surface area contributed by atoms with Crippen molar-refractivity contribution >= 4 is 11.9 Å². The molecule has 0 aliphatic heterocycles. The van der Waals surface area contributed by atoms with E-state index < -0.39 is 11.7 Å². The van der Waals surface area contributed by atoms with E-state index in [9.17, 15) is 9.18 Å². The van der Waals surface area contributed by atoms with Crippen LogP contribution < -0.4 is 5.32 Å². The summed E-state index contributed by atoms with van der Waals surface area (Å²) in [6.45, 7) is 0.271. The maximum Gasteiger partial charge on any atom is 0.291 e. The standard InChI is InChI=1S/C15H14FN3O2/c1-21-15(18-10-13-7-2-3-8-17-13)19-14(20)11-5-4-6-12(16)9-11/h2-9H,10H2,1H3,(H,18,19,20). The van der Waals surface area contributed by atoms with Gasteiger partial charge in [-0.1, -0.05) is 12.1 Å². The zero-order chi connectivity index (χ0) is 15.1. The van der Waals surface area contributed by atoms with Crippen LogP contribution in [0.2, 0.25) is 0 Å². The van der Waals surface area contributed by atoms with Crippen molar-refractivity contribution in [2.75, 3.05) is 7.11 Å². The Morgan fingerprint density at radius 2 is 2.19 bits per heavy atom. The SMILES string of the molecule is COC(=NCc1ccccn1)NC(=O)c1cccc(F)c1. The van der Waals surface area contributed by atoms with Crippen LogP contribution in [-0.2, 0) is 11.3 Å². The van der Waals surface area contributed by atoms with E-state index >= 15 is 0 Å². The van der Waals surface area contributed by atoms with Gasteiger partial charge in [0.15, 0.2) is 0 Å². The second-order valence-corrected chi connectivity index (χ2v) is 4.11. The molecular formula is C15H14FN3O2. The summed E-state index contributed by atoms with van der Waals surface area (Å²) in [6, 6.07) is 10.9. The lowest BCUT2D eigenvalue weighted by molar-refractivity contribution is 0.0968. The average Bonchev–Trinajstić information content (AvgIpc) is 2.52. The van der Waals surface area contributed by atoms with E-state index in [0.29, 0.717) is 0 Å². The molecule has 108 valence electrons. The van der Waals surface area contributed by atoms with Gasteiger partial charge in [0.05, 0.1) is 19.3 Å². The fourth-order valence-corrected chi connectivity index (χ4v) is 1.60. The highest BCUT2D eigenvalue weighted by atomic mass is 19.1. The number of aliphatic imine (C=N–C) groups is 1. The molecule has 1 amide bonds. The Hall–Kier alpha value is -2.76. The molecule has 0 unspecified atom stereocenters. The van der Waals surface area contributed by atoms with Gasteiger partial charge in [-0.3, -0.25) is 15.1 Å². The zero-order valence-corrected chi connectivity index (χ0v) is 11.4. The van der Waals surface area contributed by atoms with E-state index in [-0.39, 0.29) is 18.1 Å². The van der Waals surface area contributed by atoms with Gasteiger partial charge in [0.2, 0.25) is 0 Å². The predicted molar refractivity (Wildman–Crippen MR) is 76.3 cm³/mol. The zero-order valence-electron chi connectivity index (χ0n) is 11.4. The number of hydrogen-bond acceptors (Lipinski definition) is 4. The Labute approximate surface area is 121 Å². The molecule has 2 aromatic rings. The normalized spacial score (nSPS) is 11.0. The summed E-state index contributed by atoms with van der Waals surface area (Å²) >= 11 is 0. The fourth-order valence-electron chi connectivity index (χ4n) is 1.60. The highest BCUT2D eigenvalue weighted by molar-refractivity contribution is 6.04. The molecule has 2 rings (SSSR count). The van der Waals surface area contributed by atoms with Crippen molar-refractivity contribution in [1.82, 2.24) is 10.3 Å². The topological polar surface area (TPSA) is 63.6 Å². The second-order valence-electron chi connectivity index (χ2n) is 4.11. The van der Waals surface area contributed by atoms with Crippen molar-refractivity contribution in [3.8, 4) is 0 Å². The summed E-state index contributed by atoms with van der Waals surface area (Å²) in [4.78, 5) is 20.1. The first kappa shape index (κ1) is 14.6. The number of benzene rings is 1. The lowest BCUT2D eigenvalue weighted by Crippen LogP contribution is -2.32. The number of amides is 1. The van der Waals surface area contributed by atoms with Crippen molar-refractivity contribution in [2.45, 2.75) is 6.54 Å². The molecule has 0 radical (unpaired) electrons. The summed E-state index contributed by atoms with van der Waals surface area (Å²) in [6.07, 6.45) is 1.66. The maximum atomic E-state index is 13.1. The maximum absolute atomic E-state index is 13.1. The molecule has 1 aromatic heterocycles. The van der Waals surface area contributed by atoms with Crippen LogP contribution >= 0.6 is 0 Å². The van der Waals surface area contributed by atoms with Gasteiger partial charge in [-0.25, -0.2) is 9.38 Å². The van der Waals surface area contributed by atoms with Crippen molar-refractivity contribution in [2.24, 2.45) is 4.99 Å². The van der Waals surface area contributed by atoms with Crippen LogP contribution in [-0.4, -0.2) is 24.0 Å². The van der Waals surface area contributed by atoms with Crippen LogP contribution in [0.4, 0.5) is 4.39 Å². The molecule has 0 atom stereocenters. The number of ether oxygens (including phenoxy) is 1. The molecule has 0 spiro atoms. The third-order valence-corrected chi connectivity index (χ3v) is 2.61. The monoisotopic (exact) mass is 287 g/mol. The second kappa shape index (κ2) is 7.14. The van der Waals surface area contributed by atoms with Gasteiger partial charge in [-0.2, -0.15) is 0 Å². The van der Waals surface area contributed by atoms with Crippen LogP contribution in [0.1, 0.15) is 16.1 Å². The Morgan fingerprint density at radius 3 is 2.86 bits per heavy atom. The predicted octanol–water partition coefficient (Wildman–Crippen LogP) is 2.15. The molecule has 0 fully saturated rings. The Morgan fingerprint density at radius 1 is 1.33 bits per heavy atom. The van der Waals surface area contributed by atoms with E-state index in [0.717, 1.165) is 11.8 Å². The number of hydrogen-bond donors (Lipinski definition) is 1. The third-order valence-electron chi connectivity index (χ3n) is 2.61. The summed E-state index contributed by atoms with van der Waals surface area (Å²) in [5, 5.41) is 2.47. The number of nitrogens with zero attached hydrogens (tertiary/aromatic N) is 2. The van der Waals surface area contributed by atoms with Gasteiger partial charge < -0.3 is 4.74 Å². The van der Waals surface area contributed by atoms with Crippen LogP contribution in [0.3, 0.4) is 0 Å². The molecule has 5 nitrogen and oxygen atoms in total. The van der Waals surface area contributed by atoms with Gasteiger partial charge in [-0.05, 0) is 30.3 Å². The highest BCUT2D eigenvalue weighted by Crippen LogP contribution is 2.03. The van der Waals surface area contributed by atoms with Crippen LogP contribution in [0.25, 0.3) is 0 Å². The first-order valence-corrected chi connectivity index (χ1v) is 6.24. The van der Waals surface area contributed by atoms with Gasteiger partial charge >= 0.3 is 0 Å². The Bertz CT molecular complexity index is 644. The molecule has 6 heteroatoms.